The van der Waals surface area contributed by atoms with Crippen LogP contribution in [0, 0.1) is 27.7 Å². The van der Waals surface area contributed by atoms with E-state index < -0.39 is 0 Å². The van der Waals surface area contributed by atoms with Gasteiger partial charge in [0.25, 0.3) is 0 Å². The van der Waals surface area contributed by atoms with Crippen molar-refractivity contribution in [2.45, 2.75) is 41.0 Å². The van der Waals surface area contributed by atoms with E-state index in [0.29, 0.717) is 11.8 Å². The molecule has 1 N–H and O–H groups in total. The molecule has 2 aromatic rings. The van der Waals surface area contributed by atoms with Gasteiger partial charge in [-0.25, -0.2) is 4.98 Å². The molecule has 0 radical (unpaired) electrons. The van der Waals surface area contributed by atoms with Gasteiger partial charge in [-0.3, -0.25) is 0 Å². The molecule has 21 heavy (non-hydrogen) atoms. The minimum Gasteiger partial charge on any atom is -0.438 e. The van der Waals surface area contributed by atoms with Crippen LogP contribution in [0.2, 0.25) is 0 Å². The lowest BCUT2D eigenvalue weighted by molar-refractivity contribution is 0.454. The Hall–Kier alpha value is -2.10. The zero-order valence-electron chi connectivity index (χ0n) is 13.4. The minimum absolute atomic E-state index is 0.608. The van der Waals surface area contributed by atoms with Gasteiger partial charge in [0.2, 0.25) is 11.8 Å². The van der Waals surface area contributed by atoms with Crippen molar-refractivity contribution in [1.82, 2.24) is 9.97 Å². The maximum atomic E-state index is 6.03. The molecule has 0 unspecified atom stereocenters. The molecule has 0 fully saturated rings. The van der Waals surface area contributed by atoms with Crippen LogP contribution >= 0.6 is 0 Å². The van der Waals surface area contributed by atoms with Crippen LogP contribution in [0.15, 0.2) is 18.3 Å². The Morgan fingerprint density at radius 1 is 1.10 bits per heavy atom. The van der Waals surface area contributed by atoms with Gasteiger partial charge in [-0.2, -0.15) is 4.98 Å². The van der Waals surface area contributed by atoms with Gasteiger partial charge in [0.05, 0.1) is 0 Å². The van der Waals surface area contributed by atoms with Gasteiger partial charge in [-0.1, -0.05) is 13.0 Å². The molecule has 0 aliphatic heterocycles. The number of nitrogens with one attached hydrogen (secondary N) is 1. The van der Waals surface area contributed by atoms with Crippen LogP contribution < -0.4 is 10.1 Å². The van der Waals surface area contributed by atoms with Gasteiger partial charge in [0.15, 0.2) is 0 Å². The standard InChI is InChI=1S/C17H23N3O/c1-6-7-18-17-19-10-13(4)16(20-17)21-15-9-11(2)8-12(3)14(15)5/h8-10H,6-7H2,1-5H3,(H,18,19,20). The van der Waals surface area contributed by atoms with E-state index in [2.05, 4.69) is 49.0 Å². The molecular weight excluding hydrogens is 262 g/mol. The molecular formula is C17H23N3O. The van der Waals surface area contributed by atoms with Gasteiger partial charge in [0, 0.05) is 18.3 Å². The quantitative estimate of drug-likeness (QED) is 0.888. The van der Waals surface area contributed by atoms with Crippen LogP contribution in [-0.4, -0.2) is 16.5 Å². The second-order valence-corrected chi connectivity index (χ2v) is 5.42. The van der Waals surface area contributed by atoms with E-state index in [1.54, 1.807) is 6.20 Å². The first-order valence-electron chi connectivity index (χ1n) is 7.34. The van der Waals surface area contributed by atoms with E-state index in [9.17, 15) is 0 Å². The third kappa shape index (κ3) is 3.72. The van der Waals surface area contributed by atoms with Crippen molar-refractivity contribution in [1.29, 1.82) is 0 Å². The smallest absolute Gasteiger partial charge is 0.226 e. The van der Waals surface area contributed by atoms with Gasteiger partial charge >= 0.3 is 0 Å². The summed E-state index contributed by atoms with van der Waals surface area (Å²) in [5.41, 5.74) is 4.47. The summed E-state index contributed by atoms with van der Waals surface area (Å²) in [4.78, 5) is 8.73. The van der Waals surface area contributed by atoms with Crippen LogP contribution in [0.25, 0.3) is 0 Å². The number of hydrogen-bond acceptors (Lipinski definition) is 4. The summed E-state index contributed by atoms with van der Waals surface area (Å²) < 4.78 is 6.03. The summed E-state index contributed by atoms with van der Waals surface area (Å²) in [5, 5.41) is 3.18. The fraction of sp³-hybridized carbons (Fsp3) is 0.412. The maximum absolute atomic E-state index is 6.03. The Balaban J connectivity index is 2.30. The first-order valence-corrected chi connectivity index (χ1v) is 7.34. The molecule has 0 saturated heterocycles. The van der Waals surface area contributed by atoms with Crippen molar-refractivity contribution >= 4 is 5.95 Å². The van der Waals surface area contributed by atoms with Crippen molar-refractivity contribution in [2.75, 3.05) is 11.9 Å². The number of hydrogen-bond donors (Lipinski definition) is 1. The van der Waals surface area contributed by atoms with Crippen LogP contribution in [0.5, 0.6) is 11.6 Å². The lowest BCUT2D eigenvalue weighted by Gasteiger charge is -2.13. The third-order valence-corrected chi connectivity index (χ3v) is 3.43. The molecule has 1 aromatic heterocycles. The van der Waals surface area contributed by atoms with Gasteiger partial charge in [0.1, 0.15) is 5.75 Å². The van der Waals surface area contributed by atoms with Gasteiger partial charge in [-0.15, -0.1) is 0 Å². The Morgan fingerprint density at radius 3 is 2.57 bits per heavy atom. The first kappa shape index (κ1) is 15.3. The second kappa shape index (κ2) is 6.57. The van der Waals surface area contributed by atoms with Crippen molar-refractivity contribution in [2.24, 2.45) is 0 Å². The highest BCUT2D eigenvalue weighted by Crippen LogP contribution is 2.29. The number of anilines is 1. The molecule has 0 saturated carbocycles. The highest BCUT2D eigenvalue weighted by Gasteiger charge is 2.10. The Bertz CT molecular complexity index is 638. The number of benzene rings is 1. The zero-order valence-corrected chi connectivity index (χ0v) is 13.4. The molecule has 1 aromatic carbocycles. The first-order chi connectivity index (χ1) is 10.0. The fourth-order valence-electron chi connectivity index (χ4n) is 2.06. The van der Waals surface area contributed by atoms with E-state index in [-0.39, 0.29) is 0 Å². The monoisotopic (exact) mass is 285 g/mol. The fourth-order valence-corrected chi connectivity index (χ4v) is 2.06. The molecule has 0 amide bonds. The number of ether oxygens (including phenoxy) is 1. The molecule has 0 spiro atoms. The van der Waals surface area contributed by atoms with Crippen molar-refractivity contribution in [3.8, 4) is 11.6 Å². The van der Waals surface area contributed by atoms with E-state index in [1.165, 1.54) is 11.1 Å². The highest BCUT2D eigenvalue weighted by atomic mass is 16.5. The molecule has 1 heterocycles. The lowest BCUT2D eigenvalue weighted by Crippen LogP contribution is -2.05. The Labute approximate surface area is 126 Å². The summed E-state index contributed by atoms with van der Waals surface area (Å²) in [6, 6.07) is 4.20. The molecule has 0 aliphatic rings. The predicted molar refractivity (Wildman–Crippen MR) is 86.3 cm³/mol. The van der Waals surface area contributed by atoms with Crippen LogP contribution in [0.1, 0.15) is 35.6 Å². The molecule has 0 atom stereocenters. The Morgan fingerprint density at radius 2 is 1.86 bits per heavy atom. The molecule has 2 rings (SSSR count). The summed E-state index contributed by atoms with van der Waals surface area (Å²) in [5.74, 6) is 2.08. The lowest BCUT2D eigenvalue weighted by atomic mass is 10.1. The summed E-state index contributed by atoms with van der Waals surface area (Å²) >= 11 is 0. The summed E-state index contributed by atoms with van der Waals surface area (Å²) in [6.07, 6.45) is 2.82. The minimum atomic E-state index is 0.608. The van der Waals surface area contributed by atoms with Crippen molar-refractivity contribution in [3.63, 3.8) is 0 Å². The molecule has 4 heteroatoms. The molecule has 0 bridgehead atoms. The van der Waals surface area contributed by atoms with E-state index in [4.69, 9.17) is 4.74 Å². The van der Waals surface area contributed by atoms with Crippen LogP contribution in [0.4, 0.5) is 5.95 Å². The average Bonchev–Trinajstić information content (AvgIpc) is 2.45. The van der Waals surface area contributed by atoms with E-state index in [1.807, 2.05) is 13.0 Å². The largest absolute Gasteiger partial charge is 0.438 e. The highest BCUT2D eigenvalue weighted by molar-refractivity contribution is 5.45. The van der Waals surface area contributed by atoms with E-state index >= 15 is 0 Å². The average molecular weight is 285 g/mol. The van der Waals surface area contributed by atoms with Gasteiger partial charge in [-0.05, 0) is 56.9 Å². The van der Waals surface area contributed by atoms with Crippen molar-refractivity contribution in [3.05, 3.63) is 40.6 Å². The zero-order chi connectivity index (χ0) is 15.4. The summed E-state index contributed by atoms with van der Waals surface area (Å²) in [6.45, 7) is 11.1. The van der Waals surface area contributed by atoms with Crippen LogP contribution in [-0.2, 0) is 0 Å². The number of aromatic nitrogens is 2. The van der Waals surface area contributed by atoms with Crippen molar-refractivity contribution < 1.29 is 4.74 Å². The van der Waals surface area contributed by atoms with Crippen LogP contribution in [0.3, 0.4) is 0 Å². The molecule has 0 aliphatic carbocycles. The van der Waals surface area contributed by atoms with Gasteiger partial charge < -0.3 is 10.1 Å². The maximum Gasteiger partial charge on any atom is 0.226 e. The topological polar surface area (TPSA) is 47.0 Å². The number of nitrogens with zero attached hydrogens (tertiary/aromatic N) is 2. The molecule has 4 nitrogen and oxygen atoms in total. The second-order valence-electron chi connectivity index (χ2n) is 5.42. The number of aryl methyl sites for hydroxylation is 3. The Kier molecular flexibility index (Phi) is 4.78. The van der Waals surface area contributed by atoms with E-state index in [0.717, 1.165) is 29.8 Å². The molecule has 112 valence electrons. The SMILES string of the molecule is CCCNc1ncc(C)c(Oc2cc(C)cc(C)c2C)n1. The third-order valence-electron chi connectivity index (χ3n) is 3.43. The number of rotatable bonds is 5. The predicted octanol–water partition coefficient (Wildman–Crippen LogP) is 4.32. The normalized spacial score (nSPS) is 10.5. The summed E-state index contributed by atoms with van der Waals surface area (Å²) in [7, 11) is 0.